The van der Waals surface area contributed by atoms with E-state index in [9.17, 15) is 4.79 Å². The zero-order valence-corrected chi connectivity index (χ0v) is 9.33. The number of likely N-dealkylation sites (N-methyl/N-ethyl adjacent to an activating group) is 1. The maximum Gasteiger partial charge on any atom is 0.239 e. The number of hydrogen-bond donors (Lipinski definition) is 1. The van der Waals surface area contributed by atoms with Crippen LogP contribution < -0.4 is 5.73 Å². The molecule has 0 aromatic rings. The molecule has 0 aliphatic heterocycles. The molecular weight excluding hydrogens is 176 g/mol. The first kappa shape index (κ1) is 11.5. The third-order valence-electron chi connectivity index (χ3n) is 3.16. The highest BCUT2D eigenvalue weighted by Crippen LogP contribution is 2.24. The van der Waals surface area contributed by atoms with Crippen molar-refractivity contribution in [3.05, 3.63) is 0 Å². The normalized spacial score (nSPS) is 18.8. The van der Waals surface area contributed by atoms with Crippen LogP contribution in [-0.4, -0.2) is 29.9 Å². The van der Waals surface area contributed by atoms with Crippen LogP contribution in [0.2, 0.25) is 0 Å². The Hall–Kier alpha value is -0.570. The molecule has 0 bridgehead atoms. The SMILES string of the molecule is CCCC[C@H](N)C(=O)N(C)C1CCC1. The van der Waals surface area contributed by atoms with E-state index in [1.807, 2.05) is 11.9 Å². The first-order chi connectivity index (χ1) is 6.66. The molecule has 0 unspecified atom stereocenters. The molecule has 1 amide bonds. The molecule has 3 heteroatoms. The summed E-state index contributed by atoms with van der Waals surface area (Å²) in [5.41, 5.74) is 5.83. The van der Waals surface area contributed by atoms with Crippen molar-refractivity contribution in [3.63, 3.8) is 0 Å². The van der Waals surface area contributed by atoms with Crippen molar-refractivity contribution in [3.8, 4) is 0 Å². The Morgan fingerprint density at radius 1 is 1.57 bits per heavy atom. The highest BCUT2D eigenvalue weighted by Gasteiger charge is 2.28. The lowest BCUT2D eigenvalue weighted by molar-refractivity contribution is -0.135. The van der Waals surface area contributed by atoms with Crippen LogP contribution in [0, 0.1) is 0 Å². The molecule has 1 aliphatic rings. The van der Waals surface area contributed by atoms with Crippen molar-refractivity contribution in [2.45, 2.75) is 57.5 Å². The molecule has 2 N–H and O–H groups in total. The molecule has 0 aromatic carbocycles. The lowest BCUT2D eigenvalue weighted by Crippen LogP contribution is -2.48. The van der Waals surface area contributed by atoms with Gasteiger partial charge in [0.05, 0.1) is 6.04 Å². The number of nitrogens with zero attached hydrogens (tertiary/aromatic N) is 1. The molecule has 0 aromatic heterocycles. The number of carbonyl (C=O) groups is 1. The Morgan fingerprint density at radius 3 is 2.64 bits per heavy atom. The lowest BCUT2D eigenvalue weighted by Gasteiger charge is -2.36. The van der Waals surface area contributed by atoms with Gasteiger partial charge in [0, 0.05) is 13.1 Å². The second-order valence-electron chi connectivity index (χ2n) is 4.28. The van der Waals surface area contributed by atoms with Gasteiger partial charge in [0.25, 0.3) is 0 Å². The standard InChI is InChI=1S/C11H22N2O/c1-3-4-8-10(12)11(14)13(2)9-6-5-7-9/h9-10H,3-8,12H2,1-2H3/t10-/m0/s1. The smallest absolute Gasteiger partial charge is 0.239 e. The number of amides is 1. The summed E-state index contributed by atoms with van der Waals surface area (Å²) in [4.78, 5) is 13.6. The van der Waals surface area contributed by atoms with Gasteiger partial charge in [-0.3, -0.25) is 4.79 Å². The molecule has 1 atom stereocenters. The van der Waals surface area contributed by atoms with E-state index in [0.717, 1.165) is 32.1 Å². The van der Waals surface area contributed by atoms with Crippen LogP contribution in [0.5, 0.6) is 0 Å². The Bertz CT molecular complexity index is 190. The molecule has 1 rings (SSSR count). The maximum absolute atomic E-state index is 11.8. The monoisotopic (exact) mass is 198 g/mol. The molecule has 0 radical (unpaired) electrons. The third-order valence-corrected chi connectivity index (χ3v) is 3.16. The zero-order chi connectivity index (χ0) is 10.6. The van der Waals surface area contributed by atoms with E-state index in [0.29, 0.717) is 6.04 Å². The van der Waals surface area contributed by atoms with Crippen LogP contribution in [0.1, 0.15) is 45.4 Å². The predicted molar refractivity (Wildman–Crippen MR) is 57.9 cm³/mol. The molecule has 0 saturated heterocycles. The summed E-state index contributed by atoms with van der Waals surface area (Å²) in [6.07, 6.45) is 6.55. The Kier molecular flexibility index (Phi) is 4.39. The van der Waals surface area contributed by atoms with Crippen molar-refractivity contribution < 1.29 is 4.79 Å². The van der Waals surface area contributed by atoms with Crippen molar-refractivity contribution >= 4 is 5.91 Å². The van der Waals surface area contributed by atoms with E-state index in [2.05, 4.69) is 6.92 Å². The molecule has 3 nitrogen and oxygen atoms in total. The van der Waals surface area contributed by atoms with Crippen molar-refractivity contribution in [2.75, 3.05) is 7.05 Å². The Morgan fingerprint density at radius 2 is 2.21 bits per heavy atom. The first-order valence-corrected chi connectivity index (χ1v) is 5.69. The summed E-state index contributed by atoms with van der Waals surface area (Å²) in [7, 11) is 1.89. The van der Waals surface area contributed by atoms with E-state index >= 15 is 0 Å². The fraction of sp³-hybridized carbons (Fsp3) is 0.909. The van der Waals surface area contributed by atoms with Gasteiger partial charge in [0.1, 0.15) is 0 Å². The molecule has 1 aliphatic carbocycles. The van der Waals surface area contributed by atoms with E-state index in [4.69, 9.17) is 5.73 Å². The van der Waals surface area contributed by atoms with Crippen LogP contribution in [-0.2, 0) is 4.79 Å². The fourth-order valence-corrected chi connectivity index (χ4v) is 1.76. The maximum atomic E-state index is 11.8. The van der Waals surface area contributed by atoms with E-state index in [1.54, 1.807) is 0 Å². The fourth-order valence-electron chi connectivity index (χ4n) is 1.76. The first-order valence-electron chi connectivity index (χ1n) is 5.69. The molecule has 82 valence electrons. The van der Waals surface area contributed by atoms with Gasteiger partial charge in [0.15, 0.2) is 0 Å². The highest BCUT2D eigenvalue weighted by molar-refractivity contribution is 5.81. The second-order valence-corrected chi connectivity index (χ2v) is 4.28. The van der Waals surface area contributed by atoms with Gasteiger partial charge in [-0.2, -0.15) is 0 Å². The summed E-state index contributed by atoms with van der Waals surface area (Å²) in [5.74, 6) is 0.128. The molecule has 1 fully saturated rings. The molecule has 0 spiro atoms. The van der Waals surface area contributed by atoms with Gasteiger partial charge in [-0.15, -0.1) is 0 Å². The van der Waals surface area contributed by atoms with Crippen LogP contribution in [0.3, 0.4) is 0 Å². The second kappa shape index (κ2) is 5.35. The van der Waals surface area contributed by atoms with E-state index < -0.39 is 0 Å². The lowest BCUT2D eigenvalue weighted by atomic mass is 9.91. The molecule has 0 heterocycles. The number of nitrogens with two attached hydrogens (primary N) is 1. The predicted octanol–water partition coefficient (Wildman–Crippen LogP) is 1.51. The topological polar surface area (TPSA) is 46.3 Å². The van der Waals surface area contributed by atoms with Gasteiger partial charge in [0.2, 0.25) is 5.91 Å². The zero-order valence-electron chi connectivity index (χ0n) is 9.33. The van der Waals surface area contributed by atoms with Crippen LogP contribution in [0.25, 0.3) is 0 Å². The van der Waals surface area contributed by atoms with Gasteiger partial charge in [-0.05, 0) is 25.7 Å². The van der Waals surface area contributed by atoms with E-state index in [1.165, 1.54) is 6.42 Å². The summed E-state index contributed by atoms with van der Waals surface area (Å²) >= 11 is 0. The number of rotatable bonds is 5. The quantitative estimate of drug-likeness (QED) is 0.728. The van der Waals surface area contributed by atoms with Crippen molar-refractivity contribution in [1.29, 1.82) is 0 Å². The summed E-state index contributed by atoms with van der Waals surface area (Å²) in [5, 5.41) is 0. The minimum absolute atomic E-state index is 0.128. The number of hydrogen-bond acceptors (Lipinski definition) is 2. The Balaban J connectivity index is 2.30. The Labute approximate surface area is 86.6 Å². The van der Waals surface area contributed by atoms with E-state index in [-0.39, 0.29) is 11.9 Å². The number of carbonyl (C=O) groups excluding carboxylic acids is 1. The van der Waals surface area contributed by atoms with Crippen LogP contribution in [0.4, 0.5) is 0 Å². The summed E-state index contributed by atoms with van der Waals surface area (Å²) in [6.45, 7) is 2.12. The highest BCUT2D eigenvalue weighted by atomic mass is 16.2. The van der Waals surface area contributed by atoms with Crippen molar-refractivity contribution in [1.82, 2.24) is 4.90 Å². The van der Waals surface area contributed by atoms with Gasteiger partial charge in [-0.1, -0.05) is 19.8 Å². The van der Waals surface area contributed by atoms with Crippen molar-refractivity contribution in [2.24, 2.45) is 5.73 Å². The molecule has 1 saturated carbocycles. The minimum atomic E-state index is -0.277. The minimum Gasteiger partial charge on any atom is -0.341 e. The average Bonchev–Trinajstić information content (AvgIpc) is 2.10. The largest absolute Gasteiger partial charge is 0.341 e. The summed E-state index contributed by atoms with van der Waals surface area (Å²) < 4.78 is 0. The summed E-state index contributed by atoms with van der Waals surface area (Å²) in [6, 6.07) is 0.190. The van der Waals surface area contributed by atoms with Gasteiger partial charge >= 0.3 is 0 Å². The van der Waals surface area contributed by atoms with Gasteiger partial charge in [-0.25, -0.2) is 0 Å². The van der Waals surface area contributed by atoms with Crippen LogP contribution in [0.15, 0.2) is 0 Å². The third kappa shape index (κ3) is 2.71. The average molecular weight is 198 g/mol. The molecule has 14 heavy (non-hydrogen) atoms. The number of unbranched alkanes of at least 4 members (excludes halogenated alkanes) is 1. The molecular formula is C11H22N2O. The van der Waals surface area contributed by atoms with Crippen LogP contribution >= 0.6 is 0 Å². The van der Waals surface area contributed by atoms with Gasteiger partial charge < -0.3 is 10.6 Å².